The summed E-state index contributed by atoms with van der Waals surface area (Å²) in [6, 6.07) is 0. The van der Waals surface area contributed by atoms with Crippen LogP contribution in [0, 0.1) is 0 Å². The predicted molar refractivity (Wildman–Crippen MR) is 55.2 cm³/mol. The Bertz CT molecular complexity index is 247. The fraction of sp³-hybridized carbons (Fsp3) is 0.600. The van der Waals surface area contributed by atoms with E-state index in [2.05, 4.69) is 21.3 Å². The Morgan fingerprint density at radius 1 is 1.64 bits per heavy atom. The van der Waals surface area contributed by atoms with Crippen LogP contribution >= 0.6 is 0 Å². The first kappa shape index (κ1) is 10.8. The third-order valence-corrected chi connectivity index (χ3v) is 1.93. The molecular formula is C10H16N2O2. The maximum absolute atomic E-state index is 10.9. The molecule has 1 amide bonds. The lowest BCUT2D eigenvalue weighted by Gasteiger charge is -2.01. The molecule has 0 aromatic heterocycles. The SMILES string of the molecule is CCOC(=O)N/N=C1/C=CCCCC1. The average Bonchev–Trinajstić information content (AvgIpc) is 2.43. The van der Waals surface area contributed by atoms with Crippen molar-refractivity contribution in [1.29, 1.82) is 0 Å². The van der Waals surface area contributed by atoms with Crippen molar-refractivity contribution in [3.05, 3.63) is 12.2 Å². The molecule has 0 aliphatic heterocycles. The molecule has 0 spiro atoms. The molecule has 0 atom stereocenters. The van der Waals surface area contributed by atoms with Gasteiger partial charge in [-0.15, -0.1) is 0 Å². The first-order valence-corrected chi connectivity index (χ1v) is 4.99. The third kappa shape index (κ3) is 4.07. The average molecular weight is 196 g/mol. The van der Waals surface area contributed by atoms with E-state index in [1.54, 1.807) is 6.92 Å². The zero-order valence-corrected chi connectivity index (χ0v) is 8.45. The highest BCUT2D eigenvalue weighted by molar-refractivity contribution is 5.95. The fourth-order valence-electron chi connectivity index (χ4n) is 1.24. The van der Waals surface area contributed by atoms with Gasteiger partial charge in [-0.2, -0.15) is 5.10 Å². The first-order chi connectivity index (χ1) is 6.83. The van der Waals surface area contributed by atoms with Gasteiger partial charge in [-0.05, 0) is 38.7 Å². The maximum atomic E-state index is 10.9. The Kier molecular flexibility index (Phi) is 4.75. The molecule has 0 aromatic rings. The Morgan fingerprint density at radius 3 is 3.29 bits per heavy atom. The van der Waals surface area contributed by atoms with Crippen LogP contribution in [0.5, 0.6) is 0 Å². The van der Waals surface area contributed by atoms with E-state index in [0.717, 1.165) is 25.0 Å². The summed E-state index contributed by atoms with van der Waals surface area (Å²) in [5.41, 5.74) is 3.27. The van der Waals surface area contributed by atoms with Crippen molar-refractivity contribution in [2.24, 2.45) is 5.10 Å². The number of hydrazone groups is 1. The van der Waals surface area contributed by atoms with Gasteiger partial charge in [-0.3, -0.25) is 0 Å². The standard InChI is InChI=1S/C10H16N2O2/c1-2-14-10(13)12-11-9-7-5-3-4-6-8-9/h5,7H,2-4,6,8H2,1H3,(H,12,13)/b11-9-. The zero-order valence-electron chi connectivity index (χ0n) is 8.45. The topological polar surface area (TPSA) is 50.7 Å². The highest BCUT2D eigenvalue weighted by atomic mass is 16.5. The monoisotopic (exact) mass is 196 g/mol. The van der Waals surface area contributed by atoms with Gasteiger partial charge in [0, 0.05) is 0 Å². The van der Waals surface area contributed by atoms with E-state index in [9.17, 15) is 4.79 Å². The number of hydrogen-bond acceptors (Lipinski definition) is 3. The lowest BCUT2D eigenvalue weighted by Crippen LogP contribution is -2.20. The Morgan fingerprint density at radius 2 is 2.50 bits per heavy atom. The molecule has 1 aliphatic carbocycles. The van der Waals surface area contributed by atoms with Crippen molar-refractivity contribution in [3.8, 4) is 0 Å². The number of nitrogens with zero attached hydrogens (tertiary/aromatic N) is 1. The maximum Gasteiger partial charge on any atom is 0.427 e. The molecule has 1 N–H and O–H groups in total. The zero-order chi connectivity index (χ0) is 10.2. The van der Waals surface area contributed by atoms with Crippen LogP contribution in [0.15, 0.2) is 17.3 Å². The fourth-order valence-corrected chi connectivity index (χ4v) is 1.24. The molecule has 0 heterocycles. The van der Waals surface area contributed by atoms with Crippen LogP contribution in [0.25, 0.3) is 0 Å². The van der Waals surface area contributed by atoms with Gasteiger partial charge in [0.1, 0.15) is 0 Å². The van der Waals surface area contributed by atoms with Crippen molar-refractivity contribution >= 4 is 11.8 Å². The summed E-state index contributed by atoms with van der Waals surface area (Å²) < 4.78 is 4.68. The van der Waals surface area contributed by atoms with Crippen molar-refractivity contribution in [3.63, 3.8) is 0 Å². The van der Waals surface area contributed by atoms with E-state index in [1.165, 1.54) is 6.42 Å². The van der Waals surface area contributed by atoms with Gasteiger partial charge in [-0.25, -0.2) is 10.2 Å². The second-order valence-corrected chi connectivity index (χ2v) is 3.08. The molecule has 78 valence electrons. The largest absolute Gasteiger partial charge is 0.449 e. The summed E-state index contributed by atoms with van der Waals surface area (Å²) in [4.78, 5) is 10.9. The molecule has 0 unspecified atom stereocenters. The molecular weight excluding hydrogens is 180 g/mol. The number of carbonyl (C=O) groups excluding carboxylic acids is 1. The number of hydrogen-bond donors (Lipinski definition) is 1. The molecule has 1 rings (SSSR count). The van der Waals surface area contributed by atoms with Crippen molar-refractivity contribution < 1.29 is 9.53 Å². The Hall–Kier alpha value is -1.32. The van der Waals surface area contributed by atoms with Gasteiger partial charge < -0.3 is 4.74 Å². The smallest absolute Gasteiger partial charge is 0.427 e. The van der Waals surface area contributed by atoms with Crippen LogP contribution in [-0.4, -0.2) is 18.4 Å². The molecule has 4 heteroatoms. The number of nitrogens with one attached hydrogen (secondary N) is 1. The molecule has 14 heavy (non-hydrogen) atoms. The van der Waals surface area contributed by atoms with Gasteiger partial charge in [0.25, 0.3) is 0 Å². The van der Waals surface area contributed by atoms with Crippen LogP contribution in [0.1, 0.15) is 32.6 Å². The van der Waals surface area contributed by atoms with Crippen molar-refractivity contribution in [2.75, 3.05) is 6.61 Å². The minimum absolute atomic E-state index is 0.368. The van der Waals surface area contributed by atoms with Crippen molar-refractivity contribution in [1.82, 2.24) is 5.43 Å². The normalized spacial score (nSPS) is 19.1. The Labute approximate surface area is 84.0 Å². The molecule has 0 radical (unpaired) electrons. The van der Waals surface area contributed by atoms with Gasteiger partial charge >= 0.3 is 6.09 Å². The molecule has 1 aliphatic rings. The van der Waals surface area contributed by atoms with E-state index in [1.807, 2.05) is 6.08 Å². The Balaban J connectivity index is 2.38. The van der Waals surface area contributed by atoms with Crippen LogP contribution in [0.4, 0.5) is 4.79 Å². The summed E-state index contributed by atoms with van der Waals surface area (Å²) in [5.74, 6) is 0. The molecule has 0 bridgehead atoms. The highest BCUT2D eigenvalue weighted by Gasteiger charge is 2.01. The predicted octanol–water partition coefficient (Wildman–Crippen LogP) is 2.22. The molecule has 0 aromatic carbocycles. The summed E-state index contributed by atoms with van der Waals surface area (Å²) >= 11 is 0. The number of amides is 1. The molecule has 0 fully saturated rings. The van der Waals surface area contributed by atoms with E-state index in [4.69, 9.17) is 0 Å². The second kappa shape index (κ2) is 6.18. The summed E-state index contributed by atoms with van der Waals surface area (Å²) in [5, 5.41) is 3.97. The lowest BCUT2D eigenvalue weighted by atomic mass is 10.2. The van der Waals surface area contributed by atoms with E-state index in [0.29, 0.717) is 6.61 Å². The summed E-state index contributed by atoms with van der Waals surface area (Å²) in [6.07, 6.45) is 7.88. The lowest BCUT2D eigenvalue weighted by molar-refractivity contribution is 0.152. The number of carbonyl (C=O) groups is 1. The molecule has 4 nitrogen and oxygen atoms in total. The van der Waals surface area contributed by atoms with Gasteiger partial charge in [0.15, 0.2) is 0 Å². The van der Waals surface area contributed by atoms with Crippen LogP contribution in [-0.2, 0) is 4.74 Å². The quantitative estimate of drug-likeness (QED) is 0.688. The van der Waals surface area contributed by atoms with Crippen LogP contribution in [0.2, 0.25) is 0 Å². The highest BCUT2D eigenvalue weighted by Crippen LogP contribution is 2.08. The number of allylic oxidation sites excluding steroid dienone is 2. The van der Waals surface area contributed by atoms with E-state index in [-0.39, 0.29) is 0 Å². The minimum atomic E-state index is -0.488. The van der Waals surface area contributed by atoms with Gasteiger partial charge in [0.2, 0.25) is 0 Å². The minimum Gasteiger partial charge on any atom is -0.449 e. The van der Waals surface area contributed by atoms with Crippen LogP contribution < -0.4 is 5.43 Å². The second-order valence-electron chi connectivity index (χ2n) is 3.08. The van der Waals surface area contributed by atoms with Gasteiger partial charge in [0.05, 0.1) is 12.3 Å². The first-order valence-electron chi connectivity index (χ1n) is 4.99. The molecule has 0 saturated carbocycles. The van der Waals surface area contributed by atoms with E-state index >= 15 is 0 Å². The van der Waals surface area contributed by atoms with Gasteiger partial charge in [-0.1, -0.05) is 6.08 Å². The number of ether oxygens (including phenoxy) is 1. The van der Waals surface area contributed by atoms with Crippen molar-refractivity contribution in [2.45, 2.75) is 32.6 Å². The third-order valence-electron chi connectivity index (χ3n) is 1.93. The molecule has 0 saturated heterocycles. The van der Waals surface area contributed by atoms with Crippen LogP contribution in [0.3, 0.4) is 0 Å². The number of rotatable bonds is 2. The summed E-state index contributed by atoms with van der Waals surface area (Å²) in [7, 11) is 0. The van der Waals surface area contributed by atoms with E-state index < -0.39 is 6.09 Å². The summed E-state index contributed by atoms with van der Waals surface area (Å²) in [6.45, 7) is 2.13.